The molecule has 7 N–H and O–H groups in total. The first kappa shape index (κ1) is 59.1. The zero-order valence-corrected chi connectivity index (χ0v) is 45.3. The van der Waals surface area contributed by atoms with Crippen LogP contribution in [-0.4, -0.2) is 125 Å². The molecule has 0 aromatic heterocycles. The minimum atomic E-state index is -1.47. The Labute approximate surface area is 454 Å². The second-order valence-corrected chi connectivity index (χ2v) is 22.3. The van der Waals surface area contributed by atoms with E-state index >= 15 is 0 Å². The van der Waals surface area contributed by atoms with Crippen LogP contribution in [0.1, 0.15) is 130 Å². The standard InChI is InChI=1S/C57H76N6O15/c1-6-11-49-77-43-29-39-38-19-16-35-28-37(64)24-25-55(35,4)50(38)41(65)30-56(39,5)57(43,78-49)42(66)32-76-48(71)23-22-47(70)75-31-34-14-17-36(18-15-34)60-52(72)40(12-10-26-59-54(58)74)61-53(73)51(33(2)3)62-44(67)13-8-7-9-27-63-45(68)20-21-46(63)69/h14-15,17-18,20-21,24-25,28,33,38-41,43,49-51,65H,6-13,16,19,22-23,26-27,29-32H2,1-5H3,(H,60,72)(H,61,73)(H,62,67)(H3,58,59,74)/t38-,39?,40-,41-,43+,49?,50?,51?,55-,56-,57+/m0/s1. The number of allylic oxidation sites excluding steroid dienone is 4. The van der Waals surface area contributed by atoms with Crippen LogP contribution in [0.15, 0.2) is 60.2 Å². The number of hydrogen-bond donors (Lipinski definition) is 6. The van der Waals surface area contributed by atoms with Gasteiger partial charge in [0.2, 0.25) is 23.5 Å². The van der Waals surface area contributed by atoms with E-state index < -0.39 is 89.2 Å². The number of primary amides is 1. The highest BCUT2D eigenvalue weighted by Gasteiger charge is 2.76. The van der Waals surface area contributed by atoms with Crippen molar-refractivity contribution in [3.63, 3.8) is 0 Å². The molecule has 2 heterocycles. The van der Waals surface area contributed by atoms with Gasteiger partial charge in [0, 0.05) is 54.1 Å². The Hall–Kier alpha value is -6.58. The molecule has 78 heavy (non-hydrogen) atoms. The number of esters is 2. The second-order valence-electron chi connectivity index (χ2n) is 22.3. The molecule has 6 aliphatic rings. The fourth-order valence-electron chi connectivity index (χ4n) is 12.9. The van der Waals surface area contributed by atoms with Gasteiger partial charge in [0.25, 0.3) is 11.8 Å². The van der Waals surface area contributed by atoms with Gasteiger partial charge in [-0.2, -0.15) is 0 Å². The smallest absolute Gasteiger partial charge is 0.312 e. The number of amides is 7. The van der Waals surface area contributed by atoms with Crippen LogP contribution in [0, 0.1) is 34.5 Å². The summed E-state index contributed by atoms with van der Waals surface area (Å²) in [6, 6.07) is 3.56. The van der Waals surface area contributed by atoms with Gasteiger partial charge < -0.3 is 51.1 Å². The number of nitrogens with two attached hydrogens (primary N) is 1. The number of ketones is 2. The number of unbranched alkanes of at least 4 members (excludes halogenated alkanes) is 2. The predicted molar refractivity (Wildman–Crippen MR) is 281 cm³/mol. The van der Waals surface area contributed by atoms with Crippen molar-refractivity contribution >= 4 is 64.8 Å². The van der Waals surface area contributed by atoms with Crippen molar-refractivity contribution in [3.05, 3.63) is 65.8 Å². The molecule has 0 radical (unpaired) electrons. The second kappa shape index (κ2) is 25.5. The minimum absolute atomic E-state index is 0.0182. The highest BCUT2D eigenvalue weighted by Crippen LogP contribution is 2.69. The first-order valence-electron chi connectivity index (χ1n) is 27.5. The highest BCUT2D eigenvalue weighted by atomic mass is 16.7. The summed E-state index contributed by atoms with van der Waals surface area (Å²) in [7, 11) is 0. The van der Waals surface area contributed by atoms with Crippen molar-refractivity contribution in [3.8, 4) is 0 Å². The fourth-order valence-corrected chi connectivity index (χ4v) is 12.9. The van der Waals surface area contributed by atoms with E-state index in [9.17, 15) is 53.1 Å². The number of aliphatic hydroxyl groups is 1. The Balaban J connectivity index is 0.870. The van der Waals surface area contributed by atoms with Crippen molar-refractivity contribution in [2.24, 2.45) is 40.2 Å². The average molecular weight is 1090 g/mol. The molecular formula is C57H76N6O15. The van der Waals surface area contributed by atoms with Crippen molar-refractivity contribution in [2.45, 2.75) is 167 Å². The van der Waals surface area contributed by atoms with Crippen LogP contribution < -0.4 is 27.0 Å². The summed E-state index contributed by atoms with van der Waals surface area (Å²) in [6.45, 7) is 9.17. The van der Waals surface area contributed by atoms with Gasteiger partial charge in [0.05, 0.1) is 25.0 Å². The first-order chi connectivity index (χ1) is 37.1. The van der Waals surface area contributed by atoms with E-state index in [1.807, 2.05) is 19.9 Å². The van der Waals surface area contributed by atoms with E-state index in [1.165, 1.54) is 12.2 Å². The van der Waals surface area contributed by atoms with Gasteiger partial charge in [-0.3, -0.25) is 48.1 Å². The average Bonchev–Trinajstić information content (AvgIpc) is 4.10. The van der Waals surface area contributed by atoms with Crippen LogP contribution in [-0.2, 0) is 68.7 Å². The van der Waals surface area contributed by atoms with Crippen molar-refractivity contribution < 1.29 is 72.0 Å². The highest BCUT2D eigenvalue weighted by molar-refractivity contribution is 6.12. The fraction of sp³-hybridized carbons (Fsp3) is 0.614. The number of nitrogens with zero attached hydrogens (tertiary/aromatic N) is 1. The topological polar surface area (TPSA) is 305 Å². The predicted octanol–water partition coefficient (Wildman–Crippen LogP) is 4.29. The van der Waals surface area contributed by atoms with Crippen LogP contribution >= 0.6 is 0 Å². The third-order valence-corrected chi connectivity index (χ3v) is 16.8. The SMILES string of the molecule is CCCC1O[C@@H]2CC3[C@@H]4CCC5=CC(=O)C=C[C@]5(C)C4[C@@H](O)C[C@]3(C)[C@]2(C(=O)COC(=O)CCC(=O)OCc2ccc(NC(=O)[C@H](CCCNC(N)=O)NC(=O)C(NC(=O)CCCCCN3C(=O)C=CC3=O)C(C)C)cc2)O1. The van der Waals surface area contributed by atoms with Gasteiger partial charge in [-0.1, -0.05) is 71.2 Å². The number of imide groups is 1. The zero-order chi connectivity index (χ0) is 56.5. The Morgan fingerprint density at radius 2 is 1.59 bits per heavy atom. The number of benzene rings is 1. The Morgan fingerprint density at radius 3 is 2.27 bits per heavy atom. The van der Waals surface area contributed by atoms with Gasteiger partial charge in [0.15, 0.2) is 24.3 Å². The van der Waals surface area contributed by atoms with E-state index in [1.54, 1.807) is 50.3 Å². The number of anilines is 1. The number of nitrogens with one attached hydrogen (secondary N) is 4. The molecule has 2 aliphatic heterocycles. The molecule has 1 aromatic rings. The molecular weight excluding hydrogens is 1010 g/mol. The molecule has 7 amide bonds. The third-order valence-electron chi connectivity index (χ3n) is 16.8. The van der Waals surface area contributed by atoms with E-state index in [4.69, 9.17) is 24.7 Å². The lowest BCUT2D eigenvalue weighted by Crippen LogP contribution is -2.63. The summed E-state index contributed by atoms with van der Waals surface area (Å²) in [4.78, 5) is 129. The summed E-state index contributed by atoms with van der Waals surface area (Å²) < 4.78 is 24.1. The summed E-state index contributed by atoms with van der Waals surface area (Å²) >= 11 is 0. The lowest BCUT2D eigenvalue weighted by Gasteiger charge is -2.59. The van der Waals surface area contributed by atoms with Crippen LogP contribution in [0.4, 0.5) is 10.5 Å². The number of ether oxygens (including phenoxy) is 4. The number of aliphatic hydroxyl groups excluding tert-OH is 1. The lowest BCUT2D eigenvalue weighted by molar-refractivity contribution is -0.201. The maximum atomic E-state index is 14.5. The normalized spacial score (nSPS) is 28.4. The molecule has 4 aliphatic carbocycles. The Bertz CT molecular complexity index is 2560. The molecule has 0 bridgehead atoms. The van der Waals surface area contributed by atoms with E-state index in [2.05, 4.69) is 28.2 Å². The molecule has 11 atom stereocenters. The van der Waals surface area contributed by atoms with Crippen molar-refractivity contribution in [1.82, 2.24) is 20.9 Å². The maximum absolute atomic E-state index is 14.5. The molecule has 21 nitrogen and oxygen atoms in total. The molecule has 4 fully saturated rings. The summed E-state index contributed by atoms with van der Waals surface area (Å²) in [5.41, 5.74) is 4.32. The Morgan fingerprint density at radius 1 is 0.885 bits per heavy atom. The van der Waals surface area contributed by atoms with Gasteiger partial charge >= 0.3 is 18.0 Å². The third kappa shape index (κ3) is 13.1. The monoisotopic (exact) mass is 1080 g/mol. The van der Waals surface area contributed by atoms with Gasteiger partial charge in [-0.05, 0) is 105 Å². The number of urea groups is 1. The van der Waals surface area contributed by atoms with E-state index in [0.717, 1.165) is 23.3 Å². The van der Waals surface area contributed by atoms with Crippen LogP contribution in [0.5, 0.6) is 0 Å². The van der Waals surface area contributed by atoms with Crippen LogP contribution in [0.2, 0.25) is 0 Å². The molecule has 7 rings (SSSR count). The van der Waals surface area contributed by atoms with E-state index in [0.29, 0.717) is 49.8 Å². The van der Waals surface area contributed by atoms with Crippen LogP contribution in [0.25, 0.3) is 0 Å². The summed E-state index contributed by atoms with van der Waals surface area (Å²) in [5, 5.41) is 22.7. The van der Waals surface area contributed by atoms with Gasteiger partial charge in [0.1, 0.15) is 18.7 Å². The molecule has 1 aromatic carbocycles. The molecule has 424 valence electrons. The lowest BCUT2D eigenvalue weighted by atomic mass is 9.46. The molecule has 21 heteroatoms. The summed E-state index contributed by atoms with van der Waals surface area (Å²) in [5.74, 6) is -4.82. The largest absolute Gasteiger partial charge is 0.461 e. The van der Waals surface area contributed by atoms with Gasteiger partial charge in [-0.25, -0.2) is 4.79 Å². The number of hydrogen-bond acceptors (Lipinski definition) is 15. The van der Waals surface area contributed by atoms with Crippen molar-refractivity contribution in [1.29, 1.82) is 0 Å². The number of carbonyl (C=O) groups is 10. The van der Waals surface area contributed by atoms with Gasteiger partial charge in [-0.15, -0.1) is 0 Å². The molecule has 0 spiro atoms. The van der Waals surface area contributed by atoms with Crippen molar-refractivity contribution in [2.75, 3.05) is 25.0 Å². The molecule has 4 unspecified atom stereocenters. The summed E-state index contributed by atoms with van der Waals surface area (Å²) in [6.07, 6.45) is 10.4. The quantitative estimate of drug-likeness (QED) is 0.0428. The molecule has 1 saturated heterocycles. The van der Waals surface area contributed by atoms with E-state index in [-0.39, 0.29) is 105 Å². The molecule has 3 saturated carbocycles. The number of rotatable bonds is 26. The number of carbonyl (C=O) groups excluding carboxylic acids is 10. The number of Topliss-reactive ketones (excluding diaryl/α,β-unsaturated/α-hetero) is 1. The zero-order valence-electron chi connectivity index (χ0n) is 45.3. The maximum Gasteiger partial charge on any atom is 0.312 e. The minimum Gasteiger partial charge on any atom is -0.461 e. The van der Waals surface area contributed by atoms with Crippen LogP contribution in [0.3, 0.4) is 0 Å². The number of fused-ring (bicyclic) bond motifs is 7. The Kier molecular flexibility index (Phi) is 19.3. The first-order valence-corrected chi connectivity index (χ1v) is 27.5.